The van der Waals surface area contributed by atoms with E-state index in [2.05, 4.69) is 20.4 Å². The molecule has 0 bridgehead atoms. The van der Waals surface area contributed by atoms with Gasteiger partial charge < -0.3 is 4.74 Å². The highest BCUT2D eigenvalue weighted by molar-refractivity contribution is 4.64. The molecule has 0 atom stereocenters. The van der Waals surface area contributed by atoms with E-state index in [1.54, 1.807) is 6.08 Å². The Morgan fingerprint density at radius 1 is 1.36 bits per heavy atom. The minimum absolute atomic E-state index is 0.695. The normalized spacial score (nSPS) is 10.5. The van der Waals surface area contributed by atoms with Crippen molar-refractivity contribution in [2.45, 2.75) is 33.1 Å². The molecule has 0 aromatic heterocycles. The van der Waals surface area contributed by atoms with Gasteiger partial charge in [0.2, 0.25) is 0 Å². The number of hydrogen-bond acceptors (Lipinski definition) is 1. The summed E-state index contributed by atoms with van der Waals surface area (Å²) in [6, 6.07) is 0. The van der Waals surface area contributed by atoms with Crippen molar-refractivity contribution < 1.29 is 4.74 Å². The predicted molar refractivity (Wildman–Crippen MR) is 49.7 cm³/mol. The third-order valence-corrected chi connectivity index (χ3v) is 2.06. The van der Waals surface area contributed by atoms with Gasteiger partial charge in [0.05, 0.1) is 6.61 Å². The first kappa shape index (κ1) is 10.7. The minimum Gasteiger partial charge on any atom is -0.377 e. The Hall–Kier alpha value is -0.300. The van der Waals surface area contributed by atoms with E-state index >= 15 is 0 Å². The van der Waals surface area contributed by atoms with Gasteiger partial charge in [0.25, 0.3) is 0 Å². The highest BCUT2D eigenvalue weighted by atomic mass is 16.5. The molecule has 1 heteroatoms. The Bertz CT molecular complexity index is 84.9. The van der Waals surface area contributed by atoms with E-state index in [0.717, 1.165) is 12.5 Å². The molecule has 0 aromatic carbocycles. The van der Waals surface area contributed by atoms with Crippen LogP contribution in [0.25, 0.3) is 0 Å². The average molecular weight is 156 g/mol. The second kappa shape index (κ2) is 7.80. The van der Waals surface area contributed by atoms with Gasteiger partial charge in [-0.1, -0.05) is 32.8 Å². The van der Waals surface area contributed by atoms with E-state index < -0.39 is 0 Å². The lowest BCUT2D eigenvalue weighted by Crippen LogP contribution is -2.03. The van der Waals surface area contributed by atoms with Gasteiger partial charge >= 0.3 is 0 Å². The van der Waals surface area contributed by atoms with Crippen molar-refractivity contribution in [1.82, 2.24) is 0 Å². The summed E-state index contributed by atoms with van der Waals surface area (Å²) < 4.78 is 5.30. The summed E-state index contributed by atoms with van der Waals surface area (Å²) in [7, 11) is 0. The summed E-state index contributed by atoms with van der Waals surface area (Å²) in [4.78, 5) is 0. The maximum Gasteiger partial charge on any atom is 0.0644 e. The molecule has 0 aliphatic rings. The molecule has 0 saturated carbocycles. The SMILES string of the molecule is C=CCOCCC(CC)CC. The first-order valence-electron chi connectivity index (χ1n) is 4.53. The maximum atomic E-state index is 5.30. The van der Waals surface area contributed by atoms with Crippen molar-refractivity contribution in [3.8, 4) is 0 Å². The summed E-state index contributed by atoms with van der Waals surface area (Å²) in [6.45, 7) is 9.65. The molecular weight excluding hydrogens is 136 g/mol. The Balaban J connectivity index is 3.13. The molecule has 0 fully saturated rings. The Morgan fingerprint density at radius 3 is 2.45 bits per heavy atom. The van der Waals surface area contributed by atoms with Crippen molar-refractivity contribution in [3.63, 3.8) is 0 Å². The Kier molecular flexibility index (Phi) is 7.59. The van der Waals surface area contributed by atoms with Crippen LogP contribution >= 0.6 is 0 Å². The van der Waals surface area contributed by atoms with Gasteiger partial charge in [0, 0.05) is 6.61 Å². The molecule has 66 valence electrons. The molecule has 0 amide bonds. The monoisotopic (exact) mass is 156 g/mol. The minimum atomic E-state index is 0.695. The van der Waals surface area contributed by atoms with Crippen LogP contribution in [-0.2, 0) is 4.74 Å². The topological polar surface area (TPSA) is 9.23 Å². The summed E-state index contributed by atoms with van der Waals surface area (Å²) in [6.07, 6.45) is 5.54. The lowest BCUT2D eigenvalue weighted by atomic mass is 10.0. The van der Waals surface area contributed by atoms with Crippen LogP contribution in [0, 0.1) is 5.92 Å². The largest absolute Gasteiger partial charge is 0.377 e. The van der Waals surface area contributed by atoms with Crippen LogP contribution in [0.3, 0.4) is 0 Å². The van der Waals surface area contributed by atoms with Crippen molar-refractivity contribution in [1.29, 1.82) is 0 Å². The van der Waals surface area contributed by atoms with Crippen molar-refractivity contribution in [3.05, 3.63) is 12.7 Å². The molecule has 0 aliphatic carbocycles. The first-order chi connectivity index (χ1) is 5.35. The summed E-state index contributed by atoms with van der Waals surface area (Å²) in [5.41, 5.74) is 0. The lowest BCUT2D eigenvalue weighted by Gasteiger charge is -2.10. The molecule has 0 rings (SSSR count). The second-order valence-corrected chi connectivity index (χ2v) is 2.83. The third kappa shape index (κ3) is 6.11. The van der Waals surface area contributed by atoms with Gasteiger partial charge in [-0.15, -0.1) is 6.58 Å². The van der Waals surface area contributed by atoms with E-state index in [9.17, 15) is 0 Å². The highest BCUT2D eigenvalue weighted by Gasteiger charge is 2.01. The molecule has 0 N–H and O–H groups in total. The molecule has 0 unspecified atom stereocenters. The van der Waals surface area contributed by atoms with Crippen molar-refractivity contribution >= 4 is 0 Å². The average Bonchev–Trinajstić information content (AvgIpc) is 2.05. The molecule has 0 aromatic rings. The van der Waals surface area contributed by atoms with Crippen LogP contribution < -0.4 is 0 Å². The van der Waals surface area contributed by atoms with Crippen LogP contribution in [0.1, 0.15) is 33.1 Å². The van der Waals surface area contributed by atoms with Crippen LogP contribution in [0.4, 0.5) is 0 Å². The summed E-state index contributed by atoms with van der Waals surface area (Å²) >= 11 is 0. The zero-order valence-electron chi connectivity index (χ0n) is 7.81. The fourth-order valence-corrected chi connectivity index (χ4v) is 1.11. The van der Waals surface area contributed by atoms with Gasteiger partial charge in [0.1, 0.15) is 0 Å². The number of rotatable bonds is 7. The van der Waals surface area contributed by atoms with E-state index in [-0.39, 0.29) is 0 Å². The van der Waals surface area contributed by atoms with E-state index in [4.69, 9.17) is 4.74 Å². The van der Waals surface area contributed by atoms with Gasteiger partial charge in [-0.2, -0.15) is 0 Å². The molecule has 1 nitrogen and oxygen atoms in total. The lowest BCUT2D eigenvalue weighted by molar-refractivity contribution is 0.144. The Labute approximate surface area is 70.4 Å². The van der Waals surface area contributed by atoms with E-state index in [0.29, 0.717) is 6.61 Å². The molecule has 0 aliphatic heterocycles. The van der Waals surface area contributed by atoms with Gasteiger partial charge in [-0.3, -0.25) is 0 Å². The van der Waals surface area contributed by atoms with Crippen molar-refractivity contribution in [2.75, 3.05) is 13.2 Å². The molecule has 0 spiro atoms. The second-order valence-electron chi connectivity index (χ2n) is 2.83. The van der Waals surface area contributed by atoms with Gasteiger partial charge in [-0.25, -0.2) is 0 Å². The summed E-state index contributed by atoms with van der Waals surface area (Å²) in [5.74, 6) is 0.847. The predicted octanol–water partition coefficient (Wildman–Crippen LogP) is 3.02. The Morgan fingerprint density at radius 2 is 2.00 bits per heavy atom. The van der Waals surface area contributed by atoms with Crippen LogP contribution in [0.5, 0.6) is 0 Å². The molecule has 0 heterocycles. The third-order valence-electron chi connectivity index (χ3n) is 2.06. The maximum absolute atomic E-state index is 5.30. The molecule has 0 saturated heterocycles. The quantitative estimate of drug-likeness (QED) is 0.406. The summed E-state index contributed by atoms with van der Waals surface area (Å²) in [5, 5.41) is 0. The zero-order chi connectivity index (χ0) is 8.53. The standard InChI is InChI=1S/C10H20O/c1-4-8-11-9-7-10(5-2)6-3/h4,10H,1,5-9H2,2-3H3. The molecular formula is C10H20O. The smallest absolute Gasteiger partial charge is 0.0644 e. The zero-order valence-corrected chi connectivity index (χ0v) is 7.81. The number of ether oxygens (including phenoxy) is 1. The molecule has 0 radical (unpaired) electrons. The van der Waals surface area contributed by atoms with Crippen LogP contribution in [0.2, 0.25) is 0 Å². The fraction of sp³-hybridized carbons (Fsp3) is 0.800. The van der Waals surface area contributed by atoms with Gasteiger partial charge in [0.15, 0.2) is 0 Å². The number of hydrogen-bond donors (Lipinski definition) is 0. The van der Waals surface area contributed by atoms with E-state index in [1.165, 1.54) is 19.3 Å². The fourth-order valence-electron chi connectivity index (χ4n) is 1.11. The van der Waals surface area contributed by atoms with Gasteiger partial charge in [-0.05, 0) is 12.3 Å². The van der Waals surface area contributed by atoms with E-state index in [1.807, 2.05) is 0 Å². The molecule has 11 heavy (non-hydrogen) atoms. The first-order valence-corrected chi connectivity index (χ1v) is 4.53. The van der Waals surface area contributed by atoms with Crippen LogP contribution in [0.15, 0.2) is 12.7 Å². The van der Waals surface area contributed by atoms with Crippen molar-refractivity contribution in [2.24, 2.45) is 5.92 Å². The van der Waals surface area contributed by atoms with Crippen LogP contribution in [-0.4, -0.2) is 13.2 Å². The highest BCUT2D eigenvalue weighted by Crippen LogP contribution is 2.11.